The zero-order valence-corrected chi connectivity index (χ0v) is 7.71. The van der Waals surface area contributed by atoms with Crippen LogP contribution in [0.15, 0.2) is 21.7 Å². The molecule has 0 bridgehead atoms. The molecule has 0 fully saturated rings. The van der Waals surface area contributed by atoms with Crippen LogP contribution in [0, 0.1) is 0 Å². The van der Waals surface area contributed by atoms with E-state index in [1.165, 1.54) is 11.3 Å². The molecule has 62 valence electrons. The molecule has 0 saturated heterocycles. The Kier molecular flexibility index (Phi) is 2.64. The molecule has 0 radical (unpaired) electrons. The first kappa shape index (κ1) is 8.70. The van der Waals surface area contributed by atoms with Gasteiger partial charge >= 0.3 is 0 Å². The number of thiophene rings is 1. The SMILES string of the molecule is CCNS(=O)(=O)c1ccsc1. The molecule has 0 aliphatic rings. The summed E-state index contributed by atoms with van der Waals surface area (Å²) in [5.74, 6) is 0. The molecule has 1 aromatic heterocycles. The lowest BCUT2D eigenvalue weighted by atomic mass is 10.7. The minimum atomic E-state index is -3.21. The van der Waals surface area contributed by atoms with Crippen molar-refractivity contribution in [1.29, 1.82) is 0 Å². The van der Waals surface area contributed by atoms with Crippen LogP contribution in [0.2, 0.25) is 0 Å². The molecule has 1 rings (SSSR count). The van der Waals surface area contributed by atoms with Gasteiger partial charge in [-0.2, -0.15) is 11.3 Å². The first-order chi connectivity index (χ1) is 5.17. The topological polar surface area (TPSA) is 46.2 Å². The molecule has 11 heavy (non-hydrogen) atoms. The Balaban J connectivity index is 2.92. The minimum Gasteiger partial charge on any atom is -0.211 e. The van der Waals surface area contributed by atoms with Crippen molar-refractivity contribution >= 4 is 21.4 Å². The first-order valence-corrected chi connectivity index (χ1v) is 5.61. The fourth-order valence-electron chi connectivity index (χ4n) is 0.678. The second-order valence-corrected chi connectivity index (χ2v) is 4.51. The highest BCUT2D eigenvalue weighted by Gasteiger charge is 2.11. The first-order valence-electron chi connectivity index (χ1n) is 3.18. The summed E-state index contributed by atoms with van der Waals surface area (Å²) in [5, 5.41) is 3.35. The van der Waals surface area contributed by atoms with Gasteiger partial charge in [-0.1, -0.05) is 6.92 Å². The lowest BCUT2D eigenvalue weighted by Gasteiger charge is -1.99. The van der Waals surface area contributed by atoms with Crippen molar-refractivity contribution in [3.05, 3.63) is 16.8 Å². The van der Waals surface area contributed by atoms with E-state index in [0.29, 0.717) is 11.4 Å². The second-order valence-electron chi connectivity index (χ2n) is 1.96. The van der Waals surface area contributed by atoms with Gasteiger partial charge in [-0.3, -0.25) is 0 Å². The average molecular weight is 191 g/mol. The van der Waals surface area contributed by atoms with Crippen LogP contribution in [0.25, 0.3) is 0 Å². The predicted octanol–water partition coefficient (Wildman–Crippen LogP) is 1.05. The van der Waals surface area contributed by atoms with Crippen molar-refractivity contribution in [3.8, 4) is 0 Å². The number of nitrogens with one attached hydrogen (secondary N) is 1. The van der Waals surface area contributed by atoms with Gasteiger partial charge in [0, 0.05) is 11.9 Å². The highest BCUT2D eigenvalue weighted by atomic mass is 32.2. The van der Waals surface area contributed by atoms with Crippen molar-refractivity contribution in [2.45, 2.75) is 11.8 Å². The molecule has 0 spiro atoms. The molecule has 0 unspecified atom stereocenters. The average Bonchev–Trinajstić information content (AvgIpc) is 2.37. The highest BCUT2D eigenvalue weighted by molar-refractivity contribution is 7.89. The van der Waals surface area contributed by atoms with Crippen LogP contribution >= 0.6 is 11.3 Å². The van der Waals surface area contributed by atoms with Gasteiger partial charge < -0.3 is 0 Å². The number of hydrogen-bond acceptors (Lipinski definition) is 3. The summed E-state index contributed by atoms with van der Waals surface area (Å²) in [6.45, 7) is 2.18. The summed E-state index contributed by atoms with van der Waals surface area (Å²) in [6.07, 6.45) is 0. The normalized spacial score (nSPS) is 11.7. The maximum Gasteiger partial charge on any atom is 0.241 e. The third-order valence-electron chi connectivity index (χ3n) is 1.14. The van der Waals surface area contributed by atoms with E-state index in [0.717, 1.165) is 0 Å². The van der Waals surface area contributed by atoms with E-state index in [1.807, 2.05) is 0 Å². The van der Waals surface area contributed by atoms with E-state index in [4.69, 9.17) is 0 Å². The molecule has 1 N–H and O–H groups in total. The maximum absolute atomic E-state index is 11.2. The van der Waals surface area contributed by atoms with Gasteiger partial charge in [-0.25, -0.2) is 13.1 Å². The van der Waals surface area contributed by atoms with Gasteiger partial charge in [-0.15, -0.1) is 0 Å². The van der Waals surface area contributed by atoms with Crippen LogP contribution in [0.5, 0.6) is 0 Å². The number of sulfonamides is 1. The van der Waals surface area contributed by atoms with Crippen molar-refractivity contribution in [3.63, 3.8) is 0 Å². The molecule has 0 amide bonds. The van der Waals surface area contributed by atoms with Crippen molar-refractivity contribution in [1.82, 2.24) is 4.72 Å². The molecular formula is C6H9NO2S2. The summed E-state index contributed by atoms with van der Waals surface area (Å²) in [6, 6.07) is 1.59. The third-order valence-corrected chi connectivity index (χ3v) is 3.52. The van der Waals surface area contributed by atoms with Crippen molar-refractivity contribution < 1.29 is 8.42 Å². The summed E-state index contributed by atoms with van der Waals surface area (Å²) >= 11 is 1.37. The molecule has 0 aliphatic heterocycles. The predicted molar refractivity (Wildman–Crippen MR) is 45.2 cm³/mol. The Morgan fingerprint density at radius 1 is 1.64 bits per heavy atom. The van der Waals surface area contributed by atoms with E-state index in [-0.39, 0.29) is 0 Å². The largest absolute Gasteiger partial charge is 0.241 e. The van der Waals surface area contributed by atoms with E-state index >= 15 is 0 Å². The van der Waals surface area contributed by atoms with Gasteiger partial charge in [0.2, 0.25) is 10.0 Å². The fourth-order valence-corrected chi connectivity index (χ4v) is 2.75. The summed E-state index contributed by atoms with van der Waals surface area (Å²) in [5.41, 5.74) is 0. The van der Waals surface area contributed by atoms with Gasteiger partial charge in [0.25, 0.3) is 0 Å². The van der Waals surface area contributed by atoms with Crippen molar-refractivity contribution in [2.24, 2.45) is 0 Å². The van der Waals surface area contributed by atoms with Crippen LogP contribution in [0.1, 0.15) is 6.92 Å². The van der Waals surface area contributed by atoms with Crippen molar-refractivity contribution in [2.75, 3.05) is 6.54 Å². The molecule has 5 heteroatoms. The minimum absolute atomic E-state index is 0.351. The fraction of sp³-hybridized carbons (Fsp3) is 0.333. The molecule has 3 nitrogen and oxygen atoms in total. The van der Waals surface area contributed by atoms with E-state index < -0.39 is 10.0 Å². The zero-order valence-electron chi connectivity index (χ0n) is 6.07. The summed E-state index contributed by atoms with van der Waals surface area (Å²) in [4.78, 5) is 0.351. The summed E-state index contributed by atoms with van der Waals surface area (Å²) in [7, 11) is -3.21. The monoisotopic (exact) mass is 191 g/mol. The standard InChI is InChI=1S/C6H9NO2S2/c1-2-7-11(8,9)6-3-4-10-5-6/h3-5,7H,2H2,1H3. The van der Waals surface area contributed by atoms with Crippen LogP contribution in [0.3, 0.4) is 0 Å². The quantitative estimate of drug-likeness (QED) is 0.776. The summed E-state index contributed by atoms with van der Waals surface area (Å²) < 4.78 is 24.8. The molecule has 0 aliphatic carbocycles. The van der Waals surface area contributed by atoms with Crippen LogP contribution in [-0.4, -0.2) is 15.0 Å². The molecule has 1 heterocycles. The Morgan fingerprint density at radius 2 is 2.36 bits per heavy atom. The number of rotatable bonds is 3. The highest BCUT2D eigenvalue weighted by Crippen LogP contribution is 2.11. The van der Waals surface area contributed by atoms with Crippen LogP contribution in [0.4, 0.5) is 0 Å². The van der Waals surface area contributed by atoms with E-state index in [9.17, 15) is 8.42 Å². The van der Waals surface area contributed by atoms with Crippen LogP contribution < -0.4 is 4.72 Å². The molecular weight excluding hydrogens is 182 g/mol. The Bertz CT molecular complexity index is 301. The Morgan fingerprint density at radius 3 is 2.82 bits per heavy atom. The smallest absolute Gasteiger partial charge is 0.211 e. The van der Waals surface area contributed by atoms with Gasteiger partial charge in [0.1, 0.15) is 0 Å². The van der Waals surface area contributed by atoms with E-state index in [1.54, 1.807) is 23.8 Å². The zero-order chi connectivity index (χ0) is 8.32. The van der Waals surface area contributed by atoms with Crippen LogP contribution in [-0.2, 0) is 10.0 Å². The molecule has 0 atom stereocenters. The Labute approximate surface area is 70.1 Å². The van der Waals surface area contributed by atoms with Gasteiger partial charge in [0.05, 0.1) is 4.90 Å². The second kappa shape index (κ2) is 3.34. The third kappa shape index (κ3) is 2.02. The lowest BCUT2D eigenvalue weighted by Crippen LogP contribution is -2.22. The maximum atomic E-state index is 11.2. The molecule has 0 saturated carbocycles. The van der Waals surface area contributed by atoms with Gasteiger partial charge in [0.15, 0.2) is 0 Å². The molecule has 1 aromatic rings. The molecule has 0 aromatic carbocycles. The van der Waals surface area contributed by atoms with Gasteiger partial charge in [-0.05, 0) is 11.4 Å². The number of hydrogen-bond donors (Lipinski definition) is 1. The Hall–Kier alpha value is -0.390. The lowest BCUT2D eigenvalue weighted by molar-refractivity contribution is 0.584. The van der Waals surface area contributed by atoms with E-state index in [2.05, 4.69) is 4.72 Å².